The zero-order valence-electron chi connectivity index (χ0n) is 23.1. The Morgan fingerprint density at radius 2 is 1.12 bits per heavy atom. The highest BCUT2D eigenvalue weighted by atomic mass is 35.5. The SMILES string of the molecule is Cc1ccc2c(c1)C(c1c(-c3ccccc3)[nH]c3ccc(Cl)cc13)(c1c(-c3ccccc3)[nH]c3ccc(Cl)cc13)C(=O)N2. The Balaban J connectivity index is 1.64. The van der Waals surface area contributed by atoms with Gasteiger partial charge in [-0.15, -0.1) is 0 Å². The lowest BCUT2D eigenvalue weighted by Gasteiger charge is -2.31. The van der Waals surface area contributed by atoms with Crippen molar-refractivity contribution in [2.24, 2.45) is 0 Å². The minimum atomic E-state index is -1.27. The Morgan fingerprint density at radius 1 is 0.605 bits per heavy atom. The van der Waals surface area contributed by atoms with Gasteiger partial charge in [0.25, 0.3) is 0 Å². The fraction of sp³-hybridized carbons (Fsp3) is 0.0541. The van der Waals surface area contributed by atoms with Crippen molar-refractivity contribution < 1.29 is 4.79 Å². The summed E-state index contributed by atoms with van der Waals surface area (Å²) in [5, 5.41) is 6.22. The van der Waals surface area contributed by atoms with Crippen LogP contribution in [0.4, 0.5) is 5.69 Å². The number of fused-ring (bicyclic) bond motifs is 3. The molecule has 1 aliphatic heterocycles. The van der Waals surface area contributed by atoms with Gasteiger partial charge in [0.1, 0.15) is 5.41 Å². The molecule has 208 valence electrons. The van der Waals surface area contributed by atoms with Gasteiger partial charge in [-0.2, -0.15) is 0 Å². The Hall–Kier alpha value is -4.77. The quantitative estimate of drug-likeness (QED) is 0.186. The first-order chi connectivity index (χ1) is 20.9. The van der Waals surface area contributed by atoms with Crippen LogP contribution in [-0.2, 0) is 10.2 Å². The largest absolute Gasteiger partial charge is 0.354 e. The highest BCUT2D eigenvalue weighted by molar-refractivity contribution is 6.32. The minimum absolute atomic E-state index is 0.135. The number of carbonyl (C=O) groups excluding carboxylic acids is 1. The van der Waals surface area contributed by atoms with Crippen molar-refractivity contribution >= 4 is 56.6 Å². The molecule has 0 unspecified atom stereocenters. The maximum Gasteiger partial charge on any atom is 0.244 e. The molecule has 43 heavy (non-hydrogen) atoms. The number of nitrogens with one attached hydrogen (secondary N) is 3. The molecule has 2 aromatic heterocycles. The van der Waals surface area contributed by atoms with E-state index in [4.69, 9.17) is 23.2 Å². The van der Waals surface area contributed by atoms with Crippen LogP contribution < -0.4 is 5.32 Å². The molecule has 3 N–H and O–H groups in total. The Labute approximate surface area is 258 Å². The number of anilines is 1. The Bertz CT molecular complexity index is 2090. The lowest BCUT2D eigenvalue weighted by molar-refractivity contribution is -0.118. The van der Waals surface area contributed by atoms with E-state index in [1.54, 1.807) is 0 Å². The summed E-state index contributed by atoms with van der Waals surface area (Å²) in [4.78, 5) is 22.4. The molecule has 0 aliphatic carbocycles. The van der Waals surface area contributed by atoms with Gasteiger partial charge in [0, 0.05) is 54.2 Å². The molecule has 6 heteroatoms. The molecule has 5 aromatic carbocycles. The number of hydrogen-bond acceptors (Lipinski definition) is 1. The highest BCUT2D eigenvalue weighted by Crippen LogP contribution is 2.56. The topological polar surface area (TPSA) is 60.7 Å². The van der Waals surface area contributed by atoms with Crippen LogP contribution >= 0.6 is 23.2 Å². The van der Waals surface area contributed by atoms with Crippen LogP contribution in [0.1, 0.15) is 22.3 Å². The van der Waals surface area contributed by atoms with Crippen molar-refractivity contribution in [1.82, 2.24) is 9.97 Å². The number of H-pyrrole nitrogens is 2. The maximum atomic E-state index is 15.1. The summed E-state index contributed by atoms with van der Waals surface area (Å²) in [5.41, 5.74) is 8.57. The summed E-state index contributed by atoms with van der Waals surface area (Å²) in [6, 6.07) is 38.1. The maximum absolute atomic E-state index is 15.1. The van der Waals surface area contributed by atoms with Gasteiger partial charge in [-0.25, -0.2) is 0 Å². The molecule has 0 atom stereocenters. The van der Waals surface area contributed by atoms with Crippen molar-refractivity contribution in [2.75, 3.05) is 5.32 Å². The van der Waals surface area contributed by atoms with Crippen LogP contribution in [0.25, 0.3) is 44.3 Å². The van der Waals surface area contributed by atoms with Crippen LogP contribution in [0.2, 0.25) is 10.0 Å². The Kier molecular flexibility index (Phi) is 5.80. The average molecular weight is 599 g/mol. The van der Waals surface area contributed by atoms with Gasteiger partial charge in [-0.05, 0) is 60.5 Å². The van der Waals surface area contributed by atoms with Crippen molar-refractivity contribution in [2.45, 2.75) is 12.3 Å². The molecule has 3 heterocycles. The van der Waals surface area contributed by atoms with Gasteiger partial charge in [-0.3, -0.25) is 4.79 Å². The fourth-order valence-electron chi connectivity index (χ4n) is 6.79. The van der Waals surface area contributed by atoms with Crippen LogP contribution in [-0.4, -0.2) is 15.9 Å². The van der Waals surface area contributed by atoms with E-state index in [9.17, 15) is 0 Å². The number of benzene rings is 5. The molecule has 1 amide bonds. The van der Waals surface area contributed by atoms with Gasteiger partial charge < -0.3 is 15.3 Å². The van der Waals surface area contributed by atoms with E-state index in [1.807, 2.05) is 84.9 Å². The first-order valence-corrected chi connectivity index (χ1v) is 14.9. The zero-order chi connectivity index (χ0) is 29.3. The van der Waals surface area contributed by atoms with E-state index in [2.05, 4.69) is 52.5 Å². The zero-order valence-corrected chi connectivity index (χ0v) is 24.6. The van der Waals surface area contributed by atoms with Crippen LogP contribution in [0.15, 0.2) is 115 Å². The van der Waals surface area contributed by atoms with Crippen LogP contribution in [0.5, 0.6) is 0 Å². The molecule has 0 spiro atoms. The van der Waals surface area contributed by atoms with Crippen molar-refractivity contribution in [3.63, 3.8) is 0 Å². The minimum Gasteiger partial charge on any atom is -0.354 e. The monoisotopic (exact) mass is 597 g/mol. The van der Waals surface area contributed by atoms with E-state index >= 15 is 4.79 Å². The first-order valence-electron chi connectivity index (χ1n) is 14.1. The molecule has 8 rings (SSSR count). The highest BCUT2D eigenvalue weighted by Gasteiger charge is 2.54. The third-order valence-electron chi connectivity index (χ3n) is 8.56. The molecule has 0 fully saturated rings. The van der Waals surface area contributed by atoms with Gasteiger partial charge in [0.2, 0.25) is 5.91 Å². The normalized spacial score (nSPS) is 13.9. The number of carbonyl (C=O) groups is 1. The molecular formula is C37H25Cl2N3O. The summed E-state index contributed by atoms with van der Waals surface area (Å²) in [6.45, 7) is 2.06. The van der Waals surface area contributed by atoms with E-state index < -0.39 is 5.41 Å². The number of aromatic amines is 2. The second kappa shape index (κ2) is 9.63. The number of rotatable bonds is 4. The number of aryl methyl sites for hydroxylation is 1. The predicted molar refractivity (Wildman–Crippen MR) is 177 cm³/mol. The molecule has 4 nitrogen and oxygen atoms in total. The lowest BCUT2D eigenvalue weighted by atomic mass is 9.67. The van der Waals surface area contributed by atoms with Gasteiger partial charge >= 0.3 is 0 Å². The number of halogens is 2. The molecule has 0 bridgehead atoms. The molecule has 1 aliphatic rings. The van der Waals surface area contributed by atoms with E-state index in [0.717, 1.165) is 72.3 Å². The molecule has 7 aromatic rings. The second-order valence-electron chi connectivity index (χ2n) is 11.1. The van der Waals surface area contributed by atoms with Crippen molar-refractivity contribution in [3.05, 3.63) is 148 Å². The molecule has 0 radical (unpaired) electrons. The molecular weight excluding hydrogens is 573 g/mol. The third kappa shape index (κ3) is 3.80. The lowest BCUT2D eigenvalue weighted by Crippen LogP contribution is -2.38. The smallest absolute Gasteiger partial charge is 0.244 e. The van der Waals surface area contributed by atoms with Crippen molar-refractivity contribution in [1.29, 1.82) is 0 Å². The molecule has 0 saturated carbocycles. The first kappa shape index (κ1) is 25.9. The third-order valence-corrected chi connectivity index (χ3v) is 9.03. The second-order valence-corrected chi connectivity index (χ2v) is 12.0. The van der Waals surface area contributed by atoms with Gasteiger partial charge in [-0.1, -0.05) is 102 Å². The summed E-state index contributed by atoms with van der Waals surface area (Å²) >= 11 is 13.4. The van der Waals surface area contributed by atoms with Crippen LogP contribution in [0, 0.1) is 6.92 Å². The van der Waals surface area contributed by atoms with Gasteiger partial charge in [0.15, 0.2) is 0 Å². The Morgan fingerprint density at radius 3 is 1.63 bits per heavy atom. The predicted octanol–water partition coefficient (Wildman–Crippen LogP) is 9.88. The summed E-state index contributed by atoms with van der Waals surface area (Å²) in [7, 11) is 0. The van der Waals surface area contributed by atoms with E-state index in [1.165, 1.54) is 0 Å². The average Bonchev–Trinajstić information content (AvgIpc) is 3.67. The van der Waals surface area contributed by atoms with Crippen molar-refractivity contribution in [3.8, 4) is 22.5 Å². The number of amides is 1. The molecule has 0 saturated heterocycles. The van der Waals surface area contributed by atoms with E-state index in [-0.39, 0.29) is 5.91 Å². The fourth-order valence-corrected chi connectivity index (χ4v) is 7.13. The van der Waals surface area contributed by atoms with Crippen LogP contribution in [0.3, 0.4) is 0 Å². The van der Waals surface area contributed by atoms with E-state index in [0.29, 0.717) is 10.0 Å². The summed E-state index contributed by atoms with van der Waals surface area (Å²) in [5.74, 6) is -0.135. The van der Waals surface area contributed by atoms with Gasteiger partial charge in [0.05, 0.1) is 11.4 Å². The summed E-state index contributed by atoms with van der Waals surface area (Å²) in [6.07, 6.45) is 0. The number of hydrogen-bond donors (Lipinski definition) is 3. The summed E-state index contributed by atoms with van der Waals surface area (Å²) < 4.78 is 0. The number of aromatic nitrogens is 2. The standard InChI is InChI=1S/C37H25Cl2N3O/c1-21-12-15-31-28(18-21)37(36(43)42-31,32-26-19-24(38)13-16-29(26)40-34(32)22-8-4-2-5-9-22)33-27-20-25(39)14-17-30(27)41-35(33)23-10-6-3-7-11-23/h2-20,40-41H,1H3,(H,42,43).